The van der Waals surface area contributed by atoms with Crippen LogP contribution in [-0.4, -0.2) is 12.5 Å². The lowest BCUT2D eigenvalue weighted by Crippen LogP contribution is -2.21. The second-order valence-electron chi connectivity index (χ2n) is 3.89. The van der Waals surface area contributed by atoms with Gasteiger partial charge >= 0.3 is 0 Å². The molecule has 0 unspecified atom stereocenters. The Morgan fingerprint density at radius 2 is 1.90 bits per heavy atom. The maximum Gasteiger partial charge on any atom is 0.262 e. The molecule has 0 spiro atoms. The third kappa shape index (κ3) is 3.77. The lowest BCUT2D eigenvalue weighted by atomic mass is 10.3. The molecule has 0 bridgehead atoms. The largest absolute Gasteiger partial charge is 0.481 e. The van der Waals surface area contributed by atoms with E-state index in [-0.39, 0.29) is 11.4 Å². The smallest absolute Gasteiger partial charge is 0.262 e. The Bertz CT molecular complexity index is 634. The molecule has 6 heteroatoms. The number of carbonyl (C=O) groups excluding carboxylic acids is 1. The van der Waals surface area contributed by atoms with Crippen molar-refractivity contribution in [1.29, 1.82) is 0 Å². The summed E-state index contributed by atoms with van der Waals surface area (Å²) < 4.78 is 32.3. The van der Waals surface area contributed by atoms with Crippen LogP contribution in [0.25, 0.3) is 0 Å². The molecule has 104 valence electrons. The van der Waals surface area contributed by atoms with Crippen LogP contribution in [0.1, 0.15) is 0 Å². The molecule has 1 N–H and O–H groups in total. The van der Waals surface area contributed by atoms with E-state index >= 15 is 0 Å². The van der Waals surface area contributed by atoms with Gasteiger partial charge < -0.3 is 10.1 Å². The number of hydrogen-bond donors (Lipinski definition) is 1. The second kappa shape index (κ2) is 6.47. The minimum atomic E-state index is -0.585. The van der Waals surface area contributed by atoms with Gasteiger partial charge in [0.05, 0.1) is 5.69 Å². The van der Waals surface area contributed by atoms with Crippen molar-refractivity contribution in [3.63, 3.8) is 0 Å². The van der Waals surface area contributed by atoms with Crippen LogP contribution in [0.4, 0.5) is 14.5 Å². The molecule has 0 atom stereocenters. The zero-order valence-electron chi connectivity index (χ0n) is 10.2. The van der Waals surface area contributed by atoms with Gasteiger partial charge in [0.1, 0.15) is 5.82 Å². The zero-order valence-corrected chi connectivity index (χ0v) is 11.8. The number of amides is 1. The molecule has 2 aromatic rings. The highest BCUT2D eigenvalue weighted by molar-refractivity contribution is 9.10. The van der Waals surface area contributed by atoms with E-state index in [0.29, 0.717) is 4.47 Å². The highest BCUT2D eigenvalue weighted by Crippen LogP contribution is 2.21. The Kier molecular flexibility index (Phi) is 4.68. The Balaban J connectivity index is 1.94. The molecule has 0 radical (unpaired) electrons. The molecule has 0 fully saturated rings. The number of benzene rings is 2. The predicted octanol–water partition coefficient (Wildman–Crippen LogP) is 3.74. The number of carbonyl (C=O) groups is 1. The van der Waals surface area contributed by atoms with E-state index in [2.05, 4.69) is 21.2 Å². The number of ether oxygens (including phenoxy) is 1. The quantitative estimate of drug-likeness (QED) is 0.919. The topological polar surface area (TPSA) is 38.3 Å². The van der Waals surface area contributed by atoms with Crippen molar-refractivity contribution in [2.24, 2.45) is 0 Å². The highest BCUT2D eigenvalue weighted by atomic mass is 79.9. The Hall–Kier alpha value is -1.95. The average molecular weight is 342 g/mol. The summed E-state index contributed by atoms with van der Waals surface area (Å²) in [6.45, 7) is -0.410. The van der Waals surface area contributed by atoms with Gasteiger partial charge in [0.15, 0.2) is 18.2 Å². The first-order chi connectivity index (χ1) is 9.56. The van der Waals surface area contributed by atoms with Crippen molar-refractivity contribution in [3.05, 3.63) is 58.6 Å². The van der Waals surface area contributed by atoms with Crippen molar-refractivity contribution >= 4 is 27.5 Å². The Morgan fingerprint density at radius 3 is 2.60 bits per heavy atom. The highest BCUT2D eigenvalue weighted by Gasteiger charge is 2.09. The Labute approximate surface area is 122 Å². The van der Waals surface area contributed by atoms with Gasteiger partial charge in [-0.2, -0.15) is 0 Å². The molecule has 0 saturated carbocycles. The van der Waals surface area contributed by atoms with E-state index in [1.54, 1.807) is 12.1 Å². The summed E-state index contributed by atoms with van der Waals surface area (Å²) in [5.41, 5.74) is 0.0531. The molecule has 3 nitrogen and oxygen atoms in total. The minimum absolute atomic E-state index is 0.0446. The number of nitrogens with one attached hydrogen (secondary N) is 1. The molecular weight excluding hydrogens is 332 g/mol. The van der Waals surface area contributed by atoms with Gasteiger partial charge in [-0.05, 0) is 30.3 Å². The van der Waals surface area contributed by atoms with Crippen LogP contribution in [0.5, 0.6) is 5.75 Å². The second-order valence-corrected chi connectivity index (χ2v) is 4.81. The lowest BCUT2D eigenvalue weighted by Gasteiger charge is -2.08. The van der Waals surface area contributed by atoms with E-state index < -0.39 is 24.1 Å². The molecule has 0 saturated heterocycles. The van der Waals surface area contributed by atoms with E-state index in [1.165, 1.54) is 30.3 Å². The molecule has 0 aromatic heterocycles. The number of para-hydroxylation sites is 1. The van der Waals surface area contributed by atoms with Crippen molar-refractivity contribution in [1.82, 2.24) is 0 Å². The first-order valence-corrected chi connectivity index (χ1v) is 6.48. The van der Waals surface area contributed by atoms with E-state index in [9.17, 15) is 13.6 Å². The van der Waals surface area contributed by atoms with Gasteiger partial charge in [0.2, 0.25) is 0 Å². The summed E-state index contributed by atoms with van der Waals surface area (Å²) >= 11 is 3.11. The fraction of sp³-hybridized carbons (Fsp3) is 0.0714. The lowest BCUT2D eigenvalue weighted by molar-refractivity contribution is -0.118. The molecule has 2 aromatic carbocycles. The summed E-state index contributed by atoms with van der Waals surface area (Å²) in [4.78, 5) is 11.6. The van der Waals surface area contributed by atoms with E-state index in [4.69, 9.17) is 4.74 Å². The molecule has 20 heavy (non-hydrogen) atoms. The van der Waals surface area contributed by atoms with Crippen LogP contribution in [0.3, 0.4) is 0 Å². The summed E-state index contributed by atoms with van der Waals surface area (Å²) in [5.74, 6) is -1.75. The monoisotopic (exact) mass is 341 g/mol. The van der Waals surface area contributed by atoms with E-state index in [1.807, 2.05) is 0 Å². The van der Waals surface area contributed by atoms with Crippen molar-refractivity contribution in [2.75, 3.05) is 11.9 Å². The van der Waals surface area contributed by atoms with Crippen molar-refractivity contribution in [3.8, 4) is 5.75 Å². The molecule has 0 heterocycles. The van der Waals surface area contributed by atoms with Gasteiger partial charge in [0.25, 0.3) is 5.91 Å². The molecule has 1 amide bonds. The van der Waals surface area contributed by atoms with Gasteiger partial charge in [-0.25, -0.2) is 8.78 Å². The van der Waals surface area contributed by atoms with Crippen LogP contribution in [-0.2, 0) is 4.79 Å². The van der Waals surface area contributed by atoms with Gasteiger partial charge in [-0.3, -0.25) is 4.79 Å². The third-order valence-electron chi connectivity index (χ3n) is 2.40. The third-order valence-corrected chi connectivity index (χ3v) is 2.89. The standard InChI is InChI=1S/C14H10BrF2NO2/c15-9-5-6-13(11(17)7-9)20-8-14(19)18-12-4-2-1-3-10(12)16/h1-7H,8H2,(H,18,19). The number of halogens is 3. The maximum atomic E-state index is 13.4. The minimum Gasteiger partial charge on any atom is -0.481 e. The maximum absolute atomic E-state index is 13.4. The zero-order chi connectivity index (χ0) is 14.5. The van der Waals surface area contributed by atoms with Crippen LogP contribution in [0.2, 0.25) is 0 Å². The SMILES string of the molecule is O=C(COc1ccc(Br)cc1F)Nc1ccccc1F. The predicted molar refractivity (Wildman–Crippen MR) is 74.6 cm³/mol. The summed E-state index contributed by atoms with van der Waals surface area (Å²) in [6, 6.07) is 9.97. The van der Waals surface area contributed by atoms with Gasteiger partial charge in [0, 0.05) is 4.47 Å². The number of rotatable bonds is 4. The Morgan fingerprint density at radius 1 is 1.15 bits per heavy atom. The molecule has 0 aliphatic carbocycles. The normalized spacial score (nSPS) is 10.2. The molecule has 0 aliphatic heterocycles. The fourth-order valence-electron chi connectivity index (χ4n) is 1.48. The average Bonchev–Trinajstić information content (AvgIpc) is 2.40. The van der Waals surface area contributed by atoms with Crippen molar-refractivity contribution < 1.29 is 18.3 Å². The van der Waals surface area contributed by atoms with Crippen LogP contribution < -0.4 is 10.1 Å². The number of hydrogen-bond acceptors (Lipinski definition) is 2. The molecule has 2 rings (SSSR count). The van der Waals surface area contributed by atoms with Gasteiger partial charge in [-0.15, -0.1) is 0 Å². The molecular formula is C14H10BrF2NO2. The van der Waals surface area contributed by atoms with Crippen LogP contribution >= 0.6 is 15.9 Å². The first kappa shape index (κ1) is 14.5. The van der Waals surface area contributed by atoms with E-state index in [0.717, 1.165) is 0 Å². The molecule has 0 aliphatic rings. The van der Waals surface area contributed by atoms with Crippen LogP contribution in [0.15, 0.2) is 46.9 Å². The fourth-order valence-corrected chi connectivity index (χ4v) is 1.82. The van der Waals surface area contributed by atoms with Crippen molar-refractivity contribution in [2.45, 2.75) is 0 Å². The summed E-state index contributed by atoms with van der Waals surface area (Å²) in [6.07, 6.45) is 0. The number of anilines is 1. The summed E-state index contributed by atoms with van der Waals surface area (Å²) in [7, 11) is 0. The summed E-state index contributed by atoms with van der Waals surface area (Å²) in [5, 5.41) is 2.34. The van der Waals surface area contributed by atoms with Crippen LogP contribution in [0, 0.1) is 11.6 Å². The first-order valence-electron chi connectivity index (χ1n) is 5.68. The van der Waals surface area contributed by atoms with Gasteiger partial charge in [-0.1, -0.05) is 28.1 Å².